The van der Waals surface area contributed by atoms with E-state index in [4.69, 9.17) is 0 Å². The molecule has 2 atom stereocenters. The van der Waals surface area contributed by atoms with Crippen LogP contribution in [0.1, 0.15) is 64.7 Å². The molecule has 2 nitrogen and oxygen atoms in total. The normalized spacial score (nSPS) is 35.2. The van der Waals surface area contributed by atoms with Gasteiger partial charge in [-0.2, -0.15) is 0 Å². The molecule has 2 aliphatic carbocycles. The van der Waals surface area contributed by atoms with Gasteiger partial charge in [0, 0.05) is 31.7 Å². The molecule has 1 heterocycles. The van der Waals surface area contributed by atoms with E-state index in [2.05, 4.69) is 17.1 Å². The largest absolute Gasteiger partial charge is 0.311 e. The Morgan fingerprint density at radius 3 is 2.42 bits per heavy atom. The van der Waals surface area contributed by atoms with Gasteiger partial charge >= 0.3 is 0 Å². The minimum Gasteiger partial charge on any atom is -0.311 e. The summed E-state index contributed by atoms with van der Waals surface area (Å²) < 4.78 is 0. The van der Waals surface area contributed by atoms with Crippen LogP contribution in [-0.4, -0.2) is 36.6 Å². The number of piperazine rings is 1. The molecule has 19 heavy (non-hydrogen) atoms. The Kier molecular flexibility index (Phi) is 4.81. The molecule has 0 amide bonds. The molecule has 0 aromatic heterocycles. The van der Waals surface area contributed by atoms with Gasteiger partial charge in [-0.15, -0.1) is 0 Å². The van der Waals surface area contributed by atoms with Gasteiger partial charge in [0.25, 0.3) is 0 Å². The molecule has 0 aromatic carbocycles. The molecule has 3 aliphatic rings. The molecule has 2 saturated carbocycles. The lowest BCUT2D eigenvalue weighted by molar-refractivity contribution is 0.0448. The molecule has 0 bridgehead atoms. The SMILES string of the molecule is CCC1CN(CC2CCC2)C(C2CCCCC2)CN1. The smallest absolute Gasteiger partial charge is 0.0249 e. The maximum absolute atomic E-state index is 3.81. The Morgan fingerprint density at radius 1 is 1.00 bits per heavy atom. The van der Waals surface area contributed by atoms with Gasteiger partial charge in [0.2, 0.25) is 0 Å². The monoisotopic (exact) mass is 264 g/mol. The Morgan fingerprint density at radius 2 is 1.79 bits per heavy atom. The number of hydrogen-bond acceptors (Lipinski definition) is 2. The predicted molar refractivity (Wildman–Crippen MR) is 81.4 cm³/mol. The van der Waals surface area contributed by atoms with Crippen molar-refractivity contribution in [3.05, 3.63) is 0 Å². The molecule has 0 aromatic rings. The van der Waals surface area contributed by atoms with Crippen LogP contribution in [0.15, 0.2) is 0 Å². The van der Waals surface area contributed by atoms with Crippen LogP contribution in [0.5, 0.6) is 0 Å². The number of hydrogen-bond donors (Lipinski definition) is 1. The summed E-state index contributed by atoms with van der Waals surface area (Å²) in [4.78, 5) is 2.89. The quantitative estimate of drug-likeness (QED) is 0.837. The van der Waals surface area contributed by atoms with Gasteiger partial charge in [-0.05, 0) is 43.9 Å². The second kappa shape index (κ2) is 6.58. The van der Waals surface area contributed by atoms with Crippen LogP contribution in [0.3, 0.4) is 0 Å². The Balaban J connectivity index is 1.60. The first-order valence-corrected chi connectivity index (χ1v) is 8.84. The first-order valence-electron chi connectivity index (χ1n) is 8.84. The standard InChI is InChI=1S/C17H32N2/c1-2-16-13-19(12-14-7-6-8-14)17(11-18-16)15-9-4-3-5-10-15/h14-18H,2-13H2,1H3. The van der Waals surface area contributed by atoms with E-state index in [0.29, 0.717) is 0 Å². The second-order valence-electron chi connectivity index (χ2n) is 7.23. The molecule has 3 fully saturated rings. The highest BCUT2D eigenvalue weighted by atomic mass is 15.2. The van der Waals surface area contributed by atoms with Crippen LogP contribution in [-0.2, 0) is 0 Å². The van der Waals surface area contributed by atoms with E-state index >= 15 is 0 Å². The fourth-order valence-electron chi connectivity index (χ4n) is 4.37. The van der Waals surface area contributed by atoms with Crippen molar-refractivity contribution in [2.75, 3.05) is 19.6 Å². The fourth-order valence-corrected chi connectivity index (χ4v) is 4.37. The Labute approximate surface area is 119 Å². The van der Waals surface area contributed by atoms with Gasteiger partial charge in [0.1, 0.15) is 0 Å². The minimum absolute atomic E-state index is 0.750. The van der Waals surface area contributed by atoms with Crippen LogP contribution in [0.2, 0.25) is 0 Å². The maximum Gasteiger partial charge on any atom is 0.0249 e. The molecule has 110 valence electrons. The van der Waals surface area contributed by atoms with Crippen molar-refractivity contribution < 1.29 is 0 Å². The lowest BCUT2D eigenvalue weighted by atomic mass is 9.80. The molecule has 2 unspecified atom stereocenters. The highest BCUT2D eigenvalue weighted by Crippen LogP contribution is 2.33. The van der Waals surface area contributed by atoms with Gasteiger partial charge in [-0.1, -0.05) is 32.6 Å². The molecular weight excluding hydrogens is 232 g/mol. The Hall–Kier alpha value is -0.0800. The van der Waals surface area contributed by atoms with Crippen molar-refractivity contribution in [2.24, 2.45) is 11.8 Å². The summed E-state index contributed by atoms with van der Waals surface area (Å²) in [5.74, 6) is 2.01. The number of nitrogens with one attached hydrogen (secondary N) is 1. The van der Waals surface area contributed by atoms with Gasteiger partial charge in [-0.3, -0.25) is 4.90 Å². The maximum atomic E-state index is 3.81. The summed E-state index contributed by atoms with van der Waals surface area (Å²) >= 11 is 0. The van der Waals surface area contributed by atoms with Crippen LogP contribution < -0.4 is 5.32 Å². The zero-order valence-corrected chi connectivity index (χ0v) is 12.7. The molecular formula is C17H32N2. The predicted octanol–water partition coefficient (Wildman–Crippen LogP) is 3.42. The summed E-state index contributed by atoms with van der Waals surface area (Å²) in [5.41, 5.74) is 0. The van der Waals surface area contributed by atoms with E-state index in [9.17, 15) is 0 Å². The fraction of sp³-hybridized carbons (Fsp3) is 1.00. The summed E-state index contributed by atoms with van der Waals surface area (Å²) in [5, 5.41) is 3.81. The van der Waals surface area contributed by atoms with Crippen LogP contribution in [0.25, 0.3) is 0 Å². The van der Waals surface area contributed by atoms with E-state index in [1.807, 2.05) is 0 Å². The third-order valence-electron chi connectivity index (χ3n) is 5.94. The Bertz CT molecular complexity index is 266. The summed E-state index contributed by atoms with van der Waals surface area (Å²) in [6.45, 7) is 6.31. The van der Waals surface area contributed by atoms with E-state index in [1.54, 1.807) is 0 Å². The van der Waals surface area contributed by atoms with Crippen LogP contribution >= 0.6 is 0 Å². The topological polar surface area (TPSA) is 15.3 Å². The zero-order valence-electron chi connectivity index (χ0n) is 12.7. The minimum atomic E-state index is 0.750. The van der Waals surface area contributed by atoms with Crippen LogP contribution in [0.4, 0.5) is 0 Å². The number of nitrogens with zero attached hydrogens (tertiary/aromatic N) is 1. The lowest BCUT2D eigenvalue weighted by Gasteiger charge is -2.47. The molecule has 1 aliphatic heterocycles. The van der Waals surface area contributed by atoms with Crippen molar-refractivity contribution in [2.45, 2.75) is 76.8 Å². The van der Waals surface area contributed by atoms with Crippen LogP contribution in [0, 0.1) is 11.8 Å². The van der Waals surface area contributed by atoms with Crippen molar-refractivity contribution in [3.63, 3.8) is 0 Å². The highest BCUT2D eigenvalue weighted by Gasteiger charge is 2.35. The van der Waals surface area contributed by atoms with Crippen molar-refractivity contribution in [1.29, 1.82) is 0 Å². The molecule has 2 heteroatoms. The third-order valence-corrected chi connectivity index (χ3v) is 5.94. The van der Waals surface area contributed by atoms with Crippen molar-refractivity contribution in [3.8, 4) is 0 Å². The average Bonchev–Trinajstić information content (AvgIpc) is 2.43. The first kappa shape index (κ1) is 13.9. The van der Waals surface area contributed by atoms with E-state index in [-0.39, 0.29) is 0 Å². The second-order valence-corrected chi connectivity index (χ2v) is 7.23. The zero-order chi connectivity index (χ0) is 13.1. The third kappa shape index (κ3) is 3.33. The molecule has 1 N–H and O–H groups in total. The number of rotatable bonds is 4. The summed E-state index contributed by atoms with van der Waals surface area (Å²) in [6, 6.07) is 1.60. The highest BCUT2D eigenvalue weighted by molar-refractivity contribution is 4.92. The summed E-state index contributed by atoms with van der Waals surface area (Å²) in [7, 11) is 0. The van der Waals surface area contributed by atoms with Gasteiger partial charge in [0.05, 0.1) is 0 Å². The van der Waals surface area contributed by atoms with Crippen molar-refractivity contribution >= 4 is 0 Å². The van der Waals surface area contributed by atoms with Gasteiger partial charge in [0.15, 0.2) is 0 Å². The van der Waals surface area contributed by atoms with E-state index in [0.717, 1.165) is 23.9 Å². The van der Waals surface area contributed by atoms with E-state index < -0.39 is 0 Å². The summed E-state index contributed by atoms with van der Waals surface area (Å²) in [6.07, 6.45) is 13.2. The average molecular weight is 264 g/mol. The first-order chi connectivity index (χ1) is 9.36. The van der Waals surface area contributed by atoms with Gasteiger partial charge in [-0.25, -0.2) is 0 Å². The molecule has 1 saturated heterocycles. The van der Waals surface area contributed by atoms with Gasteiger partial charge < -0.3 is 5.32 Å². The lowest BCUT2D eigenvalue weighted by Crippen LogP contribution is -2.60. The molecule has 0 radical (unpaired) electrons. The molecule has 3 rings (SSSR count). The van der Waals surface area contributed by atoms with Crippen molar-refractivity contribution in [1.82, 2.24) is 10.2 Å². The van der Waals surface area contributed by atoms with E-state index in [1.165, 1.54) is 77.4 Å². The molecule has 0 spiro atoms.